The fourth-order valence-corrected chi connectivity index (χ4v) is 2.39. The van der Waals surface area contributed by atoms with Gasteiger partial charge in [0.1, 0.15) is 5.25 Å². The first-order valence-electron chi connectivity index (χ1n) is 5.78. The number of aliphatic carboxylic acids is 1. The number of carboxylic acids is 1. The molecule has 0 bridgehead atoms. The first-order valence-corrected chi connectivity index (χ1v) is 6.66. The maximum Gasteiger partial charge on any atom is 0.317 e. The summed E-state index contributed by atoms with van der Waals surface area (Å²) >= 11 is 1.10. The average Bonchev–Trinajstić information content (AvgIpc) is 2.78. The van der Waals surface area contributed by atoms with Gasteiger partial charge in [-0.1, -0.05) is 49.0 Å². The van der Waals surface area contributed by atoms with E-state index in [4.69, 9.17) is 10.9 Å². The molecule has 1 aromatic heterocycles. The molecule has 2 aromatic rings. The van der Waals surface area contributed by atoms with E-state index in [2.05, 4.69) is 10.2 Å². The van der Waals surface area contributed by atoms with Gasteiger partial charge in [0.25, 0.3) is 0 Å². The number of nitrogens with zero attached hydrogens (tertiary/aromatic N) is 3. The molecule has 2 rings (SSSR count). The number of benzene rings is 1. The van der Waals surface area contributed by atoms with Gasteiger partial charge in [-0.15, -0.1) is 10.2 Å². The molecule has 1 atom stereocenters. The van der Waals surface area contributed by atoms with E-state index in [-0.39, 0.29) is 0 Å². The average molecular weight is 278 g/mol. The molecule has 0 radical (unpaired) electrons. The van der Waals surface area contributed by atoms with Crippen molar-refractivity contribution in [3.8, 4) is 11.4 Å². The lowest BCUT2D eigenvalue weighted by atomic mass is 10.2. The van der Waals surface area contributed by atoms with Crippen LogP contribution in [0.2, 0.25) is 0 Å². The molecular formula is C12H14N4O2S. The number of carboxylic acid groups (broad SMARTS) is 1. The third-order valence-electron chi connectivity index (χ3n) is 2.59. The van der Waals surface area contributed by atoms with Crippen LogP contribution in [0.25, 0.3) is 11.4 Å². The first kappa shape index (κ1) is 13.4. The number of carbonyl (C=O) groups is 1. The highest BCUT2D eigenvalue weighted by molar-refractivity contribution is 8.00. The number of hydrogen-bond donors (Lipinski definition) is 2. The van der Waals surface area contributed by atoms with Gasteiger partial charge >= 0.3 is 5.97 Å². The Morgan fingerprint density at radius 2 is 2.11 bits per heavy atom. The van der Waals surface area contributed by atoms with Crippen LogP contribution in [-0.4, -0.2) is 31.2 Å². The van der Waals surface area contributed by atoms with Gasteiger partial charge in [-0.2, -0.15) is 0 Å². The number of aromatic nitrogens is 3. The van der Waals surface area contributed by atoms with Crippen molar-refractivity contribution in [2.75, 3.05) is 5.84 Å². The van der Waals surface area contributed by atoms with Crippen molar-refractivity contribution in [1.82, 2.24) is 14.9 Å². The van der Waals surface area contributed by atoms with Gasteiger partial charge < -0.3 is 10.9 Å². The van der Waals surface area contributed by atoms with Crippen LogP contribution >= 0.6 is 11.8 Å². The largest absolute Gasteiger partial charge is 0.480 e. The molecular weight excluding hydrogens is 264 g/mol. The predicted octanol–water partition coefficient (Wildman–Crippen LogP) is 1.61. The third kappa shape index (κ3) is 2.87. The minimum absolute atomic E-state index is 0.396. The van der Waals surface area contributed by atoms with Crippen molar-refractivity contribution in [3.05, 3.63) is 30.3 Å². The normalized spacial score (nSPS) is 12.3. The maximum absolute atomic E-state index is 11.0. The molecule has 0 aliphatic carbocycles. The summed E-state index contributed by atoms with van der Waals surface area (Å²) in [6.07, 6.45) is 0.494. The Balaban J connectivity index is 2.26. The molecule has 100 valence electrons. The van der Waals surface area contributed by atoms with E-state index >= 15 is 0 Å². The van der Waals surface area contributed by atoms with Crippen molar-refractivity contribution < 1.29 is 9.90 Å². The summed E-state index contributed by atoms with van der Waals surface area (Å²) in [6, 6.07) is 9.40. The Hall–Kier alpha value is -2.02. The van der Waals surface area contributed by atoms with E-state index in [0.29, 0.717) is 17.4 Å². The van der Waals surface area contributed by atoms with Crippen molar-refractivity contribution >= 4 is 17.7 Å². The fraction of sp³-hybridized carbons (Fsp3) is 0.250. The standard InChI is InChI=1S/C12H14N4O2S/c1-2-9(11(17)18)19-12-15-14-10(16(12)13)8-6-4-3-5-7-8/h3-7,9H,2,13H2,1H3,(H,17,18)/t9-/m0/s1. The van der Waals surface area contributed by atoms with Gasteiger partial charge in [0, 0.05) is 5.56 Å². The minimum atomic E-state index is -0.878. The Bertz CT molecular complexity index is 570. The second-order valence-corrected chi connectivity index (χ2v) is 5.07. The van der Waals surface area contributed by atoms with Gasteiger partial charge in [0.05, 0.1) is 0 Å². The van der Waals surface area contributed by atoms with Crippen LogP contribution in [0.4, 0.5) is 0 Å². The zero-order chi connectivity index (χ0) is 13.8. The lowest BCUT2D eigenvalue weighted by Crippen LogP contribution is -2.18. The highest BCUT2D eigenvalue weighted by Crippen LogP contribution is 2.26. The summed E-state index contributed by atoms with van der Waals surface area (Å²) in [6.45, 7) is 1.81. The zero-order valence-electron chi connectivity index (χ0n) is 10.4. The third-order valence-corrected chi connectivity index (χ3v) is 3.90. The number of hydrogen-bond acceptors (Lipinski definition) is 5. The van der Waals surface area contributed by atoms with Gasteiger partial charge in [-0.25, -0.2) is 4.68 Å². The van der Waals surface area contributed by atoms with E-state index in [1.807, 2.05) is 30.3 Å². The topological polar surface area (TPSA) is 94.0 Å². The molecule has 7 heteroatoms. The van der Waals surface area contributed by atoms with Gasteiger partial charge in [-0.3, -0.25) is 4.79 Å². The molecule has 3 N–H and O–H groups in total. The quantitative estimate of drug-likeness (QED) is 0.637. The van der Waals surface area contributed by atoms with Crippen LogP contribution < -0.4 is 5.84 Å². The van der Waals surface area contributed by atoms with Crippen molar-refractivity contribution in [3.63, 3.8) is 0 Å². The Morgan fingerprint density at radius 3 is 2.68 bits per heavy atom. The highest BCUT2D eigenvalue weighted by Gasteiger charge is 2.21. The summed E-state index contributed by atoms with van der Waals surface area (Å²) in [5.74, 6) is 5.56. The van der Waals surface area contributed by atoms with E-state index in [1.165, 1.54) is 4.68 Å². The monoisotopic (exact) mass is 278 g/mol. The summed E-state index contributed by atoms with van der Waals surface area (Å²) in [4.78, 5) is 11.0. The molecule has 0 aliphatic rings. The molecule has 6 nitrogen and oxygen atoms in total. The molecule has 0 saturated carbocycles. The molecule has 0 fully saturated rings. The van der Waals surface area contributed by atoms with E-state index < -0.39 is 11.2 Å². The number of nitrogens with two attached hydrogens (primary N) is 1. The van der Waals surface area contributed by atoms with Crippen molar-refractivity contribution in [2.45, 2.75) is 23.8 Å². The number of nitrogen functional groups attached to an aromatic ring is 1. The SMILES string of the molecule is CC[C@H](Sc1nnc(-c2ccccc2)n1N)C(=O)O. The van der Waals surface area contributed by atoms with Crippen molar-refractivity contribution in [1.29, 1.82) is 0 Å². The number of thioether (sulfide) groups is 1. The predicted molar refractivity (Wildman–Crippen MR) is 73.2 cm³/mol. The Kier molecular flexibility index (Phi) is 4.06. The first-order chi connectivity index (χ1) is 9.13. The van der Waals surface area contributed by atoms with E-state index in [0.717, 1.165) is 17.3 Å². The lowest BCUT2D eigenvalue weighted by molar-refractivity contribution is -0.136. The summed E-state index contributed by atoms with van der Waals surface area (Å²) in [5, 5.41) is 16.8. The fourth-order valence-electron chi connectivity index (χ4n) is 1.58. The van der Waals surface area contributed by atoms with Gasteiger partial charge in [0.2, 0.25) is 5.16 Å². The van der Waals surface area contributed by atoms with E-state index in [1.54, 1.807) is 6.92 Å². The Morgan fingerprint density at radius 1 is 1.42 bits per heavy atom. The van der Waals surface area contributed by atoms with E-state index in [9.17, 15) is 4.79 Å². The summed E-state index contributed by atoms with van der Waals surface area (Å²) < 4.78 is 1.32. The van der Waals surface area contributed by atoms with Gasteiger partial charge in [-0.05, 0) is 6.42 Å². The molecule has 19 heavy (non-hydrogen) atoms. The van der Waals surface area contributed by atoms with Crippen LogP contribution in [0, 0.1) is 0 Å². The lowest BCUT2D eigenvalue weighted by Gasteiger charge is -2.08. The molecule has 1 heterocycles. The second-order valence-electron chi connectivity index (χ2n) is 3.90. The van der Waals surface area contributed by atoms with Crippen molar-refractivity contribution in [2.24, 2.45) is 0 Å². The molecule has 0 spiro atoms. The maximum atomic E-state index is 11.0. The molecule has 1 aromatic carbocycles. The van der Waals surface area contributed by atoms with Crippen LogP contribution in [0.1, 0.15) is 13.3 Å². The summed E-state index contributed by atoms with van der Waals surface area (Å²) in [5.41, 5.74) is 0.840. The van der Waals surface area contributed by atoms with Crippen LogP contribution in [0.5, 0.6) is 0 Å². The van der Waals surface area contributed by atoms with Crippen LogP contribution in [0.3, 0.4) is 0 Å². The zero-order valence-corrected chi connectivity index (χ0v) is 11.2. The van der Waals surface area contributed by atoms with Gasteiger partial charge in [0.15, 0.2) is 5.82 Å². The minimum Gasteiger partial charge on any atom is -0.480 e. The summed E-state index contributed by atoms with van der Waals surface area (Å²) in [7, 11) is 0. The smallest absolute Gasteiger partial charge is 0.317 e. The second kappa shape index (κ2) is 5.75. The molecule has 0 aliphatic heterocycles. The van der Waals surface area contributed by atoms with Crippen LogP contribution in [-0.2, 0) is 4.79 Å². The van der Waals surface area contributed by atoms with Crippen LogP contribution in [0.15, 0.2) is 35.5 Å². The molecule has 0 saturated heterocycles. The number of rotatable bonds is 5. The Labute approximate surface area is 114 Å². The molecule has 0 amide bonds. The highest BCUT2D eigenvalue weighted by atomic mass is 32.2. The molecule has 0 unspecified atom stereocenters.